The highest BCUT2D eigenvalue weighted by Crippen LogP contribution is 2.43. The minimum atomic E-state index is -0.723. The maximum Gasteiger partial charge on any atom is 0.0892 e. The summed E-state index contributed by atoms with van der Waals surface area (Å²) in [6.07, 6.45) is 11.0. The Balaban J connectivity index is 2.35. The van der Waals surface area contributed by atoms with Gasteiger partial charge in [0.05, 0.1) is 12.2 Å². The smallest absolute Gasteiger partial charge is 0.0892 e. The van der Waals surface area contributed by atoms with Crippen molar-refractivity contribution in [1.29, 1.82) is 0 Å². The monoisotopic (exact) mass is 338 g/mol. The maximum absolute atomic E-state index is 10.7. The number of allylic oxidation sites excluding steroid dienone is 4. The molecule has 0 amide bonds. The van der Waals surface area contributed by atoms with Gasteiger partial charge in [0.2, 0.25) is 0 Å². The van der Waals surface area contributed by atoms with Gasteiger partial charge in [0.1, 0.15) is 0 Å². The van der Waals surface area contributed by atoms with E-state index in [1.807, 2.05) is 6.92 Å². The summed E-state index contributed by atoms with van der Waals surface area (Å²) in [4.78, 5) is 0. The van der Waals surface area contributed by atoms with E-state index in [-0.39, 0.29) is 5.92 Å². The topological polar surface area (TPSA) is 40.5 Å². The molecule has 0 aromatic heterocycles. The first-order valence-electron chi connectivity index (χ1n) is 8.82. The van der Waals surface area contributed by atoms with E-state index < -0.39 is 17.6 Å². The summed E-state index contributed by atoms with van der Waals surface area (Å²) in [5.41, 5.74) is 3.46. The number of halogens is 1. The highest BCUT2D eigenvalue weighted by molar-refractivity contribution is 6.19. The Morgan fingerprint density at radius 3 is 2.48 bits per heavy atom. The number of aliphatic hydroxyl groups excluding tert-OH is 2. The zero-order chi connectivity index (χ0) is 17.0. The summed E-state index contributed by atoms with van der Waals surface area (Å²) >= 11 is 6.17. The van der Waals surface area contributed by atoms with Crippen LogP contribution in [0, 0.1) is 11.3 Å². The molecule has 2 N–H and O–H groups in total. The number of alkyl halides is 1. The maximum atomic E-state index is 10.7. The minimum Gasteiger partial charge on any atom is -0.390 e. The molecule has 0 radical (unpaired) electrons. The lowest BCUT2D eigenvalue weighted by atomic mass is 9.66. The van der Waals surface area contributed by atoms with Gasteiger partial charge in [-0.05, 0) is 52.4 Å². The van der Waals surface area contributed by atoms with Crippen molar-refractivity contribution in [3.8, 4) is 0 Å². The molecule has 4 atom stereocenters. The molecule has 3 heteroatoms. The number of hydrogen-bond donors (Lipinski definition) is 2. The largest absolute Gasteiger partial charge is 0.390 e. The fraction of sp³-hybridized carbons (Fsp3) is 0.700. The van der Waals surface area contributed by atoms with Crippen LogP contribution in [0.1, 0.15) is 59.3 Å². The number of rotatable bonds is 1. The van der Waals surface area contributed by atoms with Crippen LogP contribution in [0.4, 0.5) is 0 Å². The molecule has 2 nitrogen and oxygen atoms in total. The molecule has 0 unspecified atom stereocenters. The average molecular weight is 339 g/mol. The summed E-state index contributed by atoms with van der Waals surface area (Å²) in [7, 11) is 0. The van der Waals surface area contributed by atoms with Gasteiger partial charge in [-0.3, -0.25) is 0 Å². The van der Waals surface area contributed by atoms with Gasteiger partial charge in [0.25, 0.3) is 0 Å². The molecule has 0 spiro atoms. The van der Waals surface area contributed by atoms with Crippen molar-refractivity contribution in [2.24, 2.45) is 11.3 Å². The summed E-state index contributed by atoms with van der Waals surface area (Å²) in [6, 6.07) is 0. The van der Waals surface area contributed by atoms with Crippen LogP contribution in [0.25, 0.3) is 0 Å². The molecule has 0 aromatic rings. The van der Waals surface area contributed by atoms with E-state index in [9.17, 15) is 10.2 Å². The van der Waals surface area contributed by atoms with Crippen molar-refractivity contribution in [3.63, 3.8) is 0 Å². The van der Waals surface area contributed by atoms with E-state index in [0.29, 0.717) is 5.88 Å². The standard InChI is InChI=1S/C20H31ClO2/c1-14-6-4-7-15(2)9-10-17-16(13-21)12-20(3,11-5-8-14)19(23)18(17)22/h7-8,12,17-19,22-23H,4-6,9-11,13H2,1-3H3/b14-8+,15-7+/t17-,18-,19-,20-/m0/s1. The van der Waals surface area contributed by atoms with Gasteiger partial charge in [-0.1, -0.05) is 41.9 Å². The molecule has 0 fully saturated rings. The van der Waals surface area contributed by atoms with Crippen LogP contribution in [-0.2, 0) is 0 Å². The van der Waals surface area contributed by atoms with E-state index >= 15 is 0 Å². The Hall–Kier alpha value is -0.570. The van der Waals surface area contributed by atoms with Crippen LogP contribution in [0.2, 0.25) is 0 Å². The summed E-state index contributed by atoms with van der Waals surface area (Å²) in [5.74, 6) is 0.404. The first-order valence-corrected chi connectivity index (χ1v) is 9.36. The molecule has 0 heterocycles. The van der Waals surface area contributed by atoms with Crippen LogP contribution in [-0.4, -0.2) is 28.3 Å². The first kappa shape index (κ1) is 18.8. The van der Waals surface area contributed by atoms with E-state index in [0.717, 1.165) is 44.1 Å². The van der Waals surface area contributed by atoms with Gasteiger partial charge in [0, 0.05) is 17.2 Å². The molecule has 0 aromatic carbocycles. The second-order valence-electron chi connectivity index (χ2n) is 7.62. The zero-order valence-electron chi connectivity index (χ0n) is 14.7. The van der Waals surface area contributed by atoms with Crippen LogP contribution in [0.5, 0.6) is 0 Å². The SMILES string of the molecule is C/C1=C\CC[C@@]2(C)C=C(CCl)[C@H](CC/C(C)=C/CC1)[C@H](O)[C@@H]2O. The van der Waals surface area contributed by atoms with Gasteiger partial charge in [-0.25, -0.2) is 0 Å². The zero-order valence-corrected chi connectivity index (χ0v) is 15.4. The van der Waals surface area contributed by atoms with Gasteiger partial charge in [-0.2, -0.15) is 0 Å². The molecule has 0 saturated carbocycles. The van der Waals surface area contributed by atoms with Crippen LogP contribution >= 0.6 is 11.6 Å². The van der Waals surface area contributed by atoms with Gasteiger partial charge in [-0.15, -0.1) is 11.6 Å². The predicted octanol–water partition coefficient (Wildman–Crippen LogP) is 4.76. The van der Waals surface area contributed by atoms with E-state index in [1.54, 1.807) is 0 Å². The van der Waals surface area contributed by atoms with Crippen LogP contribution in [0.15, 0.2) is 34.9 Å². The predicted molar refractivity (Wildman–Crippen MR) is 97.6 cm³/mol. The molecule has 3 rings (SSSR count). The normalized spacial score (nSPS) is 41.3. The molecule has 0 saturated heterocycles. The third-order valence-electron chi connectivity index (χ3n) is 5.61. The van der Waals surface area contributed by atoms with Gasteiger partial charge in [0.15, 0.2) is 0 Å². The lowest BCUT2D eigenvalue weighted by molar-refractivity contribution is -0.0730. The minimum absolute atomic E-state index is 0.0286. The highest BCUT2D eigenvalue weighted by atomic mass is 35.5. The summed E-state index contributed by atoms with van der Waals surface area (Å²) < 4.78 is 0. The Morgan fingerprint density at radius 1 is 1.13 bits per heavy atom. The number of hydrogen-bond acceptors (Lipinski definition) is 2. The lowest BCUT2D eigenvalue weighted by Gasteiger charge is -2.43. The van der Waals surface area contributed by atoms with Crippen molar-refractivity contribution >= 4 is 11.6 Å². The second-order valence-corrected chi connectivity index (χ2v) is 7.88. The van der Waals surface area contributed by atoms with Crippen LogP contribution < -0.4 is 0 Å². The molecule has 23 heavy (non-hydrogen) atoms. The molecule has 130 valence electrons. The Morgan fingerprint density at radius 2 is 1.78 bits per heavy atom. The fourth-order valence-electron chi connectivity index (χ4n) is 3.92. The van der Waals surface area contributed by atoms with Gasteiger partial charge >= 0.3 is 0 Å². The Labute approximate surface area is 145 Å². The quantitative estimate of drug-likeness (QED) is 0.534. The van der Waals surface area contributed by atoms with Crippen LogP contribution in [0.3, 0.4) is 0 Å². The third kappa shape index (κ3) is 4.49. The van der Waals surface area contributed by atoms with Crippen molar-refractivity contribution in [3.05, 3.63) is 34.9 Å². The number of fused-ring (bicyclic) bond motifs is 8. The highest BCUT2D eigenvalue weighted by Gasteiger charge is 2.44. The van der Waals surface area contributed by atoms with E-state index in [1.165, 1.54) is 11.1 Å². The third-order valence-corrected chi connectivity index (χ3v) is 5.92. The molecule has 3 aliphatic carbocycles. The lowest BCUT2D eigenvalue weighted by Crippen LogP contribution is -2.48. The van der Waals surface area contributed by atoms with Crippen molar-refractivity contribution in [2.75, 3.05) is 5.88 Å². The first-order chi connectivity index (χ1) is 10.9. The van der Waals surface area contributed by atoms with E-state index in [2.05, 4.69) is 32.1 Å². The Bertz CT molecular complexity index is 506. The average Bonchev–Trinajstić information content (AvgIpc) is 2.51. The molecule has 3 aliphatic rings. The van der Waals surface area contributed by atoms with Crippen molar-refractivity contribution < 1.29 is 10.2 Å². The number of aliphatic hydroxyl groups is 2. The molecule has 2 bridgehead atoms. The summed E-state index contributed by atoms with van der Waals surface area (Å²) in [6.45, 7) is 6.38. The molecular formula is C20H31ClO2. The van der Waals surface area contributed by atoms with E-state index in [4.69, 9.17) is 11.6 Å². The van der Waals surface area contributed by atoms with Crippen molar-refractivity contribution in [2.45, 2.75) is 71.5 Å². The van der Waals surface area contributed by atoms with Gasteiger partial charge < -0.3 is 10.2 Å². The molecule has 0 aliphatic heterocycles. The molecular weight excluding hydrogens is 308 g/mol. The fourth-order valence-corrected chi connectivity index (χ4v) is 4.20. The Kier molecular flexibility index (Phi) is 6.53. The summed E-state index contributed by atoms with van der Waals surface area (Å²) in [5, 5.41) is 21.4. The van der Waals surface area contributed by atoms with Crippen molar-refractivity contribution in [1.82, 2.24) is 0 Å². The second kappa shape index (κ2) is 8.00.